The Kier molecular flexibility index (Phi) is 4.87. The van der Waals surface area contributed by atoms with Crippen molar-refractivity contribution in [2.75, 3.05) is 26.2 Å². The van der Waals surface area contributed by atoms with Crippen molar-refractivity contribution < 1.29 is 14.1 Å². The average molecular weight is 395 g/mol. The van der Waals surface area contributed by atoms with Crippen LogP contribution in [0.5, 0.6) is 0 Å². The van der Waals surface area contributed by atoms with Gasteiger partial charge in [0.25, 0.3) is 11.5 Å². The van der Waals surface area contributed by atoms with Gasteiger partial charge in [-0.2, -0.15) is 0 Å². The Hall–Kier alpha value is -3.49. The van der Waals surface area contributed by atoms with E-state index in [1.54, 1.807) is 47.9 Å². The molecule has 0 bridgehead atoms. The molecule has 0 spiro atoms. The second kappa shape index (κ2) is 7.50. The molecule has 29 heavy (non-hydrogen) atoms. The molecule has 9 nitrogen and oxygen atoms in total. The number of rotatable bonds is 3. The molecule has 3 heterocycles. The molecule has 4 rings (SSSR count). The molecule has 1 saturated heterocycles. The maximum absolute atomic E-state index is 12.8. The third-order valence-electron chi connectivity index (χ3n) is 5.10. The van der Waals surface area contributed by atoms with Crippen molar-refractivity contribution in [3.63, 3.8) is 0 Å². The van der Waals surface area contributed by atoms with E-state index in [4.69, 9.17) is 4.52 Å². The van der Waals surface area contributed by atoms with Crippen LogP contribution in [0.15, 0.2) is 39.6 Å². The van der Waals surface area contributed by atoms with E-state index in [2.05, 4.69) is 10.1 Å². The molecule has 1 aromatic carbocycles. The highest BCUT2D eigenvalue weighted by Crippen LogP contribution is 2.11. The summed E-state index contributed by atoms with van der Waals surface area (Å²) >= 11 is 0. The first-order valence-corrected chi connectivity index (χ1v) is 9.40. The predicted molar refractivity (Wildman–Crippen MR) is 104 cm³/mol. The largest absolute Gasteiger partial charge is 0.351 e. The quantitative estimate of drug-likeness (QED) is 0.655. The number of fused-ring (bicyclic) bond motifs is 1. The summed E-state index contributed by atoms with van der Waals surface area (Å²) in [6, 6.07) is 8.69. The minimum atomic E-state index is -0.233. The first kappa shape index (κ1) is 18.9. The van der Waals surface area contributed by atoms with Crippen LogP contribution in [-0.2, 0) is 11.3 Å². The fourth-order valence-corrected chi connectivity index (χ4v) is 3.48. The van der Waals surface area contributed by atoms with Crippen LogP contribution in [0, 0.1) is 13.8 Å². The lowest BCUT2D eigenvalue weighted by Crippen LogP contribution is -2.51. The molecule has 150 valence electrons. The summed E-state index contributed by atoms with van der Waals surface area (Å²) < 4.78 is 6.43. The lowest BCUT2D eigenvalue weighted by atomic mass is 10.2. The zero-order valence-corrected chi connectivity index (χ0v) is 16.3. The van der Waals surface area contributed by atoms with Crippen molar-refractivity contribution >= 4 is 22.7 Å². The number of aryl methyl sites for hydroxylation is 2. The topological polar surface area (TPSA) is 102 Å². The predicted octanol–water partition coefficient (Wildman–Crippen LogP) is 0.986. The molecule has 1 aliphatic heterocycles. The number of carbonyl (C=O) groups excluding carboxylic acids is 2. The van der Waals surface area contributed by atoms with Crippen LogP contribution in [0.3, 0.4) is 0 Å². The van der Waals surface area contributed by atoms with Crippen molar-refractivity contribution in [3.8, 4) is 0 Å². The van der Waals surface area contributed by atoms with E-state index in [0.717, 1.165) is 0 Å². The Morgan fingerprint density at radius 1 is 1.07 bits per heavy atom. The third kappa shape index (κ3) is 3.63. The number of hydrogen-bond donors (Lipinski definition) is 0. The number of hydrogen-bond acceptors (Lipinski definition) is 6. The van der Waals surface area contributed by atoms with Crippen LogP contribution in [0.2, 0.25) is 0 Å². The average Bonchev–Trinajstić information content (AvgIpc) is 3.17. The summed E-state index contributed by atoms with van der Waals surface area (Å²) in [7, 11) is 0. The van der Waals surface area contributed by atoms with Crippen LogP contribution in [-0.4, -0.2) is 62.5 Å². The molecule has 1 fully saturated rings. The second-order valence-electron chi connectivity index (χ2n) is 7.07. The molecule has 1 aliphatic rings. The summed E-state index contributed by atoms with van der Waals surface area (Å²) in [6.07, 6.45) is 0. The smallest absolute Gasteiger partial charge is 0.292 e. The maximum Gasteiger partial charge on any atom is 0.292 e. The van der Waals surface area contributed by atoms with Gasteiger partial charge < -0.3 is 14.3 Å². The van der Waals surface area contributed by atoms with Gasteiger partial charge in [0.2, 0.25) is 11.7 Å². The molecule has 0 radical (unpaired) electrons. The summed E-state index contributed by atoms with van der Waals surface area (Å²) in [5.41, 5.74) is 1.04. The second-order valence-corrected chi connectivity index (χ2v) is 7.07. The van der Waals surface area contributed by atoms with Gasteiger partial charge >= 0.3 is 0 Å². The molecule has 0 atom stereocenters. The number of piperazine rings is 1. The highest BCUT2D eigenvalue weighted by Gasteiger charge is 2.27. The SMILES string of the molecule is Cc1cc(C(=O)N2CCN(C(=O)Cn3c(C)nc4ccccc4c3=O)CC2)on1. The third-order valence-corrected chi connectivity index (χ3v) is 5.10. The molecular formula is C20H21N5O4. The number of aromatic nitrogens is 3. The number of para-hydroxylation sites is 1. The first-order chi connectivity index (χ1) is 13.9. The first-order valence-electron chi connectivity index (χ1n) is 9.40. The van der Waals surface area contributed by atoms with Crippen LogP contribution in [0.25, 0.3) is 10.9 Å². The summed E-state index contributed by atoms with van der Waals surface area (Å²) in [6.45, 7) is 4.98. The number of nitrogens with zero attached hydrogens (tertiary/aromatic N) is 5. The lowest BCUT2D eigenvalue weighted by molar-refractivity contribution is -0.133. The molecule has 9 heteroatoms. The monoisotopic (exact) mass is 395 g/mol. The maximum atomic E-state index is 12.8. The number of benzene rings is 1. The highest BCUT2D eigenvalue weighted by atomic mass is 16.5. The standard InChI is InChI=1S/C20H21N5O4/c1-13-11-17(29-22-13)20(28)24-9-7-23(8-10-24)18(26)12-25-14(2)21-16-6-4-3-5-15(16)19(25)27/h3-6,11H,7-10,12H2,1-2H3. The lowest BCUT2D eigenvalue weighted by Gasteiger charge is -2.34. The van der Waals surface area contributed by atoms with Gasteiger partial charge in [-0.15, -0.1) is 0 Å². The van der Waals surface area contributed by atoms with E-state index < -0.39 is 0 Å². The van der Waals surface area contributed by atoms with Gasteiger partial charge in [-0.3, -0.25) is 19.0 Å². The van der Waals surface area contributed by atoms with E-state index in [1.807, 2.05) is 6.07 Å². The van der Waals surface area contributed by atoms with Crippen LogP contribution < -0.4 is 5.56 Å². The highest BCUT2D eigenvalue weighted by molar-refractivity contribution is 5.91. The molecule has 0 unspecified atom stereocenters. The van der Waals surface area contributed by atoms with Crippen molar-refractivity contribution in [2.45, 2.75) is 20.4 Å². The molecule has 2 amide bonds. The Bertz CT molecular complexity index is 1140. The van der Waals surface area contributed by atoms with Crippen molar-refractivity contribution in [2.24, 2.45) is 0 Å². The van der Waals surface area contributed by atoms with Crippen LogP contribution >= 0.6 is 0 Å². The van der Waals surface area contributed by atoms with Gasteiger partial charge in [0.1, 0.15) is 12.4 Å². The fraction of sp³-hybridized carbons (Fsp3) is 0.350. The Labute approximate surface area is 166 Å². The van der Waals surface area contributed by atoms with Gasteiger partial charge in [-0.1, -0.05) is 17.3 Å². The number of amides is 2. The summed E-state index contributed by atoms with van der Waals surface area (Å²) in [5, 5.41) is 4.22. The van der Waals surface area contributed by atoms with Crippen molar-refractivity contribution in [3.05, 3.63) is 58.0 Å². The minimum absolute atomic E-state index is 0.0717. The van der Waals surface area contributed by atoms with E-state index >= 15 is 0 Å². The zero-order valence-electron chi connectivity index (χ0n) is 16.3. The van der Waals surface area contributed by atoms with Gasteiger partial charge in [-0.25, -0.2) is 4.98 Å². The van der Waals surface area contributed by atoms with Crippen LogP contribution in [0.4, 0.5) is 0 Å². The van der Waals surface area contributed by atoms with E-state index in [-0.39, 0.29) is 29.7 Å². The molecule has 0 N–H and O–H groups in total. The molecule has 2 aromatic heterocycles. The minimum Gasteiger partial charge on any atom is -0.351 e. The zero-order chi connectivity index (χ0) is 20.5. The van der Waals surface area contributed by atoms with Crippen molar-refractivity contribution in [1.82, 2.24) is 24.5 Å². The Balaban J connectivity index is 1.44. The normalized spacial score (nSPS) is 14.4. The molecule has 3 aromatic rings. The van der Waals surface area contributed by atoms with E-state index in [1.165, 1.54) is 4.57 Å². The molecule has 0 saturated carbocycles. The Morgan fingerprint density at radius 3 is 2.45 bits per heavy atom. The molecule has 0 aliphatic carbocycles. The van der Waals surface area contributed by atoms with Gasteiger partial charge in [0.05, 0.1) is 16.6 Å². The summed E-state index contributed by atoms with van der Waals surface area (Å²) in [4.78, 5) is 45.7. The van der Waals surface area contributed by atoms with Crippen LogP contribution in [0.1, 0.15) is 22.1 Å². The molecular weight excluding hydrogens is 374 g/mol. The van der Waals surface area contributed by atoms with E-state index in [0.29, 0.717) is 48.6 Å². The summed E-state index contributed by atoms with van der Waals surface area (Å²) in [5.74, 6) is 0.293. The Morgan fingerprint density at radius 2 is 1.76 bits per heavy atom. The van der Waals surface area contributed by atoms with Crippen molar-refractivity contribution in [1.29, 1.82) is 0 Å². The van der Waals surface area contributed by atoms with Gasteiger partial charge in [-0.05, 0) is 26.0 Å². The fourth-order valence-electron chi connectivity index (χ4n) is 3.48. The van der Waals surface area contributed by atoms with Gasteiger partial charge in [0.15, 0.2) is 0 Å². The van der Waals surface area contributed by atoms with E-state index in [9.17, 15) is 14.4 Å². The van der Waals surface area contributed by atoms with Gasteiger partial charge in [0, 0.05) is 32.2 Å². The number of carbonyl (C=O) groups is 2.